The Morgan fingerprint density at radius 1 is 1.06 bits per heavy atom. The average molecular weight is 267 g/mol. The largest absolute Gasteiger partial charge is 0.303 e. The summed E-state index contributed by atoms with van der Waals surface area (Å²) in [5.74, 6) is -1.57. The van der Waals surface area contributed by atoms with Gasteiger partial charge in [0.15, 0.2) is 11.6 Å². The highest BCUT2D eigenvalue weighted by molar-refractivity contribution is 7.10. The Bertz CT molecular complexity index is 511. The van der Waals surface area contributed by atoms with Crippen molar-refractivity contribution in [2.24, 2.45) is 0 Å². The minimum atomic E-state index is -0.801. The van der Waals surface area contributed by atoms with Crippen molar-refractivity contribution in [1.29, 1.82) is 0 Å². The molecular weight excluding hydrogens is 252 g/mol. The maximum absolute atomic E-state index is 13.6. The molecule has 2 aromatic rings. The van der Waals surface area contributed by atoms with Crippen LogP contribution in [0.1, 0.15) is 36.4 Å². The number of hydrogen-bond acceptors (Lipinski definition) is 2. The van der Waals surface area contributed by atoms with Gasteiger partial charge in [-0.1, -0.05) is 18.2 Å². The molecule has 0 saturated carbocycles. The maximum Gasteiger partial charge on any atom is 0.163 e. The topological polar surface area (TPSA) is 12.0 Å². The molecule has 0 radical (unpaired) electrons. The first kappa shape index (κ1) is 13.2. The maximum atomic E-state index is 13.6. The molecule has 0 aliphatic heterocycles. The zero-order chi connectivity index (χ0) is 13.1. The lowest BCUT2D eigenvalue weighted by atomic mass is 10.1. The van der Waals surface area contributed by atoms with E-state index in [4.69, 9.17) is 0 Å². The minimum Gasteiger partial charge on any atom is -0.303 e. The van der Waals surface area contributed by atoms with Crippen molar-refractivity contribution in [2.45, 2.75) is 25.9 Å². The summed E-state index contributed by atoms with van der Waals surface area (Å²) in [5, 5.41) is 5.27. The number of nitrogens with one attached hydrogen (secondary N) is 1. The Labute approximate surface area is 109 Å². The van der Waals surface area contributed by atoms with E-state index in [2.05, 4.69) is 5.32 Å². The van der Waals surface area contributed by atoms with E-state index in [1.165, 1.54) is 10.9 Å². The normalized spacial score (nSPS) is 14.4. The van der Waals surface area contributed by atoms with Crippen LogP contribution in [0.15, 0.2) is 35.7 Å². The van der Waals surface area contributed by atoms with Crippen molar-refractivity contribution in [1.82, 2.24) is 5.32 Å². The molecule has 1 unspecified atom stereocenters. The molecule has 0 amide bonds. The fourth-order valence-electron chi connectivity index (χ4n) is 1.94. The van der Waals surface area contributed by atoms with Crippen LogP contribution in [0.2, 0.25) is 0 Å². The average Bonchev–Trinajstić information content (AvgIpc) is 2.86. The van der Waals surface area contributed by atoms with E-state index in [1.807, 2.05) is 31.4 Å². The van der Waals surface area contributed by atoms with Gasteiger partial charge in [-0.15, -0.1) is 11.3 Å². The molecule has 1 nitrogen and oxygen atoms in total. The third kappa shape index (κ3) is 2.76. The molecule has 1 aromatic carbocycles. The van der Waals surface area contributed by atoms with Crippen LogP contribution in [0.5, 0.6) is 0 Å². The van der Waals surface area contributed by atoms with E-state index in [1.54, 1.807) is 17.4 Å². The Hall–Kier alpha value is -1.26. The Balaban J connectivity index is 2.12. The van der Waals surface area contributed by atoms with E-state index in [0.29, 0.717) is 5.56 Å². The van der Waals surface area contributed by atoms with E-state index in [0.717, 1.165) is 6.07 Å². The Kier molecular flexibility index (Phi) is 4.09. The van der Waals surface area contributed by atoms with Crippen LogP contribution in [-0.4, -0.2) is 0 Å². The van der Waals surface area contributed by atoms with Crippen LogP contribution < -0.4 is 5.32 Å². The first-order valence-electron chi connectivity index (χ1n) is 5.83. The molecule has 96 valence electrons. The van der Waals surface area contributed by atoms with Crippen LogP contribution in [0.4, 0.5) is 8.78 Å². The van der Waals surface area contributed by atoms with Gasteiger partial charge < -0.3 is 5.32 Å². The summed E-state index contributed by atoms with van der Waals surface area (Å²) >= 11 is 1.65. The smallest absolute Gasteiger partial charge is 0.163 e. The quantitative estimate of drug-likeness (QED) is 0.863. The molecule has 0 aliphatic carbocycles. The van der Waals surface area contributed by atoms with E-state index < -0.39 is 11.6 Å². The zero-order valence-corrected chi connectivity index (χ0v) is 11.1. The molecule has 0 saturated heterocycles. The Morgan fingerprint density at radius 2 is 1.83 bits per heavy atom. The summed E-state index contributed by atoms with van der Waals surface area (Å²) in [6.07, 6.45) is 0. The fourth-order valence-corrected chi connectivity index (χ4v) is 2.68. The van der Waals surface area contributed by atoms with Gasteiger partial charge >= 0.3 is 0 Å². The number of thiophene rings is 1. The molecule has 1 N–H and O–H groups in total. The fraction of sp³-hybridized carbons (Fsp3) is 0.286. The van der Waals surface area contributed by atoms with Crippen molar-refractivity contribution in [3.8, 4) is 0 Å². The van der Waals surface area contributed by atoms with Gasteiger partial charge in [0.25, 0.3) is 0 Å². The molecule has 0 spiro atoms. The standard InChI is InChI=1S/C14H15F2NS/c1-9(11-5-3-6-12(15)14(11)16)17-10(2)13-7-4-8-18-13/h3-10,17H,1-2H3/t9?,10-/m0/s1. The molecule has 2 atom stereocenters. The van der Waals surface area contributed by atoms with Crippen molar-refractivity contribution in [3.63, 3.8) is 0 Å². The van der Waals surface area contributed by atoms with E-state index >= 15 is 0 Å². The monoisotopic (exact) mass is 267 g/mol. The molecule has 0 bridgehead atoms. The van der Waals surface area contributed by atoms with Gasteiger partial charge in [-0.05, 0) is 31.4 Å². The summed E-state index contributed by atoms with van der Waals surface area (Å²) in [6, 6.07) is 8.15. The molecule has 0 aliphatic rings. The van der Waals surface area contributed by atoms with Gasteiger partial charge in [0.05, 0.1) is 0 Å². The Morgan fingerprint density at radius 3 is 2.50 bits per heavy atom. The second kappa shape index (κ2) is 5.59. The highest BCUT2D eigenvalue weighted by atomic mass is 32.1. The molecule has 2 rings (SSSR count). The lowest BCUT2D eigenvalue weighted by Gasteiger charge is -2.20. The first-order valence-corrected chi connectivity index (χ1v) is 6.71. The number of hydrogen-bond donors (Lipinski definition) is 1. The van der Waals surface area contributed by atoms with Crippen LogP contribution in [-0.2, 0) is 0 Å². The van der Waals surface area contributed by atoms with Crippen molar-refractivity contribution in [3.05, 3.63) is 57.8 Å². The molecule has 4 heteroatoms. The lowest BCUT2D eigenvalue weighted by Crippen LogP contribution is -2.22. The minimum absolute atomic E-state index is 0.114. The summed E-state index contributed by atoms with van der Waals surface area (Å²) in [4.78, 5) is 1.18. The SMILES string of the molecule is CC(N[C@@H](C)c1cccs1)c1cccc(F)c1F. The van der Waals surface area contributed by atoms with Gasteiger partial charge in [-0.3, -0.25) is 0 Å². The molecule has 18 heavy (non-hydrogen) atoms. The van der Waals surface area contributed by atoms with E-state index in [-0.39, 0.29) is 12.1 Å². The summed E-state index contributed by atoms with van der Waals surface area (Å²) in [6.45, 7) is 3.85. The predicted molar refractivity (Wildman–Crippen MR) is 70.6 cm³/mol. The third-order valence-corrected chi connectivity index (χ3v) is 3.97. The second-order valence-corrected chi connectivity index (χ2v) is 5.25. The van der Waals surface area contributed by atoms with Crippen molar-refractivity contribution < 1.29 is 8.78 Å². The predicted octanol–water partition coefficient (Wildman–Crippen LogP) is 4.44. The molecular formula is C14H15F2NS. The summed E-state index contributed by atoms with van der Waals surface area (Å²) < 4.78 is 26.8. The van der Waals surface area contributed by atoms with Crippen molar-refractivity contribution in [2.75, 3.05) is 0 Å². The lowest BCUT2D eigenvalue weighted by molar-refractivity contribution is 0.451. The number of rotatable bonds is 4. The summed E-state index contributed by atoms with van der Waals surface area (Å²) in [7, 11) is 0. The third-order valence-electron chi connectivity index (χ3n) is 2.92. The van der Waals surface area contributed by atoms with Crippen LogP contribution >= 0.6 is 11.3 Å². The van der Waals surface area contributed by atoms with Crippen molar-refractivity contribution >= 4 is 11.3 Å². The summed E-state index contributed by atoms with van der Waals surface area (Å²) in [5.41, 5.74) is 0.360. The number of halogens is 2. The first-order chi connectivity index (χ1) is 8.59. The highest BCUT2D eigenvalue weighted by Crippen LogP contribution is 2.24. The van der Waals surface area contributed by atoms with Crippen LogP contribution in [0.25, 0.3) is 0 Å². The van der Waals surface area contributed by atoms with Crippen LogP contribution in [0, 0.1) is 11.6 Å². The molecule has 1 aromatic heterocycles. The van der Waals surface area contributed by atoms with Gasteiger partial charge in [-0.2, -0.15) is 0 Å². The molecule has 0 fully saturated rings. The van der Waals surface area contributed by atoms with E-state index in [9.17, 15) is 8.78 Å². The van der Waals surface area contributed by atoms with Gasteiger partial charge in [0, 0.05) is 22.5 Å². The van der Waals surface area contributed by atoms with Gasteiger partial charge in [-0.25, -0.2) is 8.78 Å². The van der Waals surface area contributed by atoms with Gasteiger partial charge in [0.1, 0.15) is 0 Å². The highest BCUT2D eigenvalue weighted by Gasteiger charge is 2.16. The molecule has 1 heterocycles. The zero-order valence-electron chi connectivity index (χ0n) is 10.3. The number of benzene rings is 1. The second-order valence-electron chi connectivity index (χ2n) is 4.27. The van der Waals surface area contributed by atoms with Crippen LogP contribution in [0.3, 0.4) is 0 Å². The van der Waals surface area contributed by atoms with Gasteiger partial charge in [0.2, 0.25) is 0 Å².